The van der Waals surface area contributed by atoms with Crippen LogP contribution in [0.4, 0.5) is 13.2 Å². The van der Waals surface area contributed by atoms with E-state index in [1.54, 1.807) is 30.3 Å². The van der Waals surface area contributed by atoms with E-state index in [2.05, 4.69) is 0 Å². The highest BCUT2D eigenvalue weighted by atomic mass is 32.2. The van der Waals surface area contributed by atoms with Crippen LogP contribution in [0.15, 0.2) is 35.7 Å². The van der Waals surface area contributed by atoms with Crippen molar-refractivity contribution >= 4 is 16.1 Å². The zero-order valence-corrected chi connectivity index (χ0v) is 12.4. The number of sulfonamides is 1. The summed E-state index contributed by atoms with van der Waals surface area (Å²) in [6.07, 6.45) is -4.67. The van der Waals surface area contributed by atoms with Gasteiger partial charge in [0.1, 0.15) is 0 Å². The predicted molar refractivity (Wildman–Crippen MR) is 76.2 cm³/mol. The van der Waals surface area contributed by atoms with Crippen LogP contribution in [0.5, 0.6) is 0 Å². The number of alkyl halides is 3. The third-order valence-electron chi connectivity index (χ3n) is 3.67. The first kappa shape index (κ1) is 17.0. The maximum atomic E-state index is 12.7. The van der Waals surface area contributed by atoms with Crippen LogP contribution in [0.1, 0.15) is 18.4 Å². The SMILES string of the molecule is O=S(=O)(/C=C/c1ccccc1)N1CCC(O)(C(F)(F)F)CC1. The lowest BCUT2D eigenvalue weighted by atomic mass is 9.92. The van der Waals surface area contributed by atoms with Crippen LogP contribution in [-0.4, -0.2) is 42.7 Å². The van der Waals surface area contributed by atoms with Crippen LogP contribution in [-0.2, 0) is 10.0 Å². The van der Waals surface area contributed by atoms with Crippen LogP contribution in [0.3, 0.4) is 0 Å². The molecule has 22 heavy (non-hydrogen) atoms. The molecule has 0 aromatic heterocycles. The monoisotopic (exact) mass is 335 g/mol. The molecule has 1 heterocycles. The quantitative estimate of drug-likeness (QED) is 0.923. The topological polar surface area (TPSA) is 57.6 Å². The molecule has 0 spiro atoms. The number of piperidine rings is 1. The zero-order valence-electron chi connectivity index (χ0n) is 11.6. The molecule has 0 atom stereocenters. The lowest BCUT2D eigenvalue weighted by Crippen LogP contribution is -2.54. The van der Waals surface area contributed by atoms with Gasteiger partial charge in [-0.05, 0) is 24.5 Å². The second-order valence-corrected chi connectivity index (χ2v) is 7.01. The van der Waals surface area contributed by atoms with Crippen LogP contribution in [0.2, 0.25) is 0 Å². The molecule has 1 aromatic rings. The molecule has 4 nitrogen and oxygen atoms in total. The molecule has 1 aromatic carbocycles. The molecule has 0 aliphatic carbocycles. The molecule has 1 N–H and O–H groups in total. The third kappa shape index (κ3) is 3.68. The van der Waals surface area contributed by atoms with E-state index in [0.717, 1.165) is 9.71 Å². The Morgan fingerprint density at radius 1 is 1.14 bits per heavy atom. The average molecular weight is 335 g/mol. The molecule has 1 aliphatic heterocycles. The number of hydrogen-bond acceptors (Lipinski definition) is 3. The van der Waals surface area contributed by atoms with Crippen molar-refractivity contribution in [3.05, 3.63) is 41.3 Å². The van der Waals surface area contributed by atoms with E-state index in [-0.39, 0.29) is 13.1 Å². The highest BCUT2D eigenvalue weighted by molar-refractivity contribution is 7.92. The van der Waals surface area contributed by atoms with E-state index in [1.807, 2.05) is 0 Å². The van der Waals surface area contributed by atoms with E-state index in [4.69, 9.17) is 0 Å². The first-order valence-electron chi connectivity index (χ1n) is 6.66. The van der Waals surface area contributed by atoms with Crippen molar-refractivity contribution in [3.63, 3.8) is 0 Å². The average Bonchev–Trinajstić information content (AvgIpc) is 2.46. The van der Waals surface area contributed by atoms with Crippen LogP contribution < -0.4 is 0 Å². The van der Waals surface area contributed by atoms with Crippen LogP contribution in [0, 0.1) is 0 Å². The fraction of sp³-hybridized carbons (Fsp3) is 0.429. The maximum Gasteiger partial charge on any atom is 0.417 e. The van der Waals surface area contributed by atoms with Gasteiger partial charge >= 0.3 is 6.18 Å². The lowest BCUT2D eigenvalue weighted by molar-refractivity contribution is -0.270. The van der Waals surface area contributed by atoms with Gasteiger partial charge < -0.3 is 5.11 Å². The second-order valence-electron chi connectivity index (χ2n) is 5.19. The van der Waals surface area contributed by atoms with Gasteiger partial charge in [0, 0.05) is 18.5 Å². The van der Waals surface area contributed by atoms with Gasteiger partial charge in [0.25, 0.3) is 0 Å². The van der Waals surface area contributed by atoms with Gasteiger partial charge in [0.2, 0.25) is 10.0 Å². The van der Waals surface area contributed by atoms with Crippen LogP contribution in [0.25, 0.3) is 6.08 Å². The van der Waals surface area contributed by atoms with Gasteiger partial charge in [-0.25, -0.2) is 8.42 Å². The Morgan fingerprint density at radius 3 is 2.18 bits per heavy atom. The highest BCUT2D eigenvalue weighted by Gasteiger charge is 2.55. The van der Waals surface area contributed by atoms with E-state index in [1.165, 1.54) is 6.08 Å². The first-order chi connectivity index (χ1) is 10.1. The number of nitrogens with zero attached hydrogens (tertiary/aromatic N) is 1. The summed E-state index contributed by atoms with van der Waals surface area (Å²) in [6.45, 7) is -0.727. The zero-order chi connectivity index (χ0) is 16.4. The van der Waals surface area contributed by atoms with Crippen molar-refractivity contribution in [2.45, 2.75) is 24.6 Å². The smallest absolute Gasteiger partial charge is 0.380 e. The molecule has 1 fully saturated rings. The molecule has 0 amide bonds. The summed E-state index contributed by atoms with van der Waals surface area (Å²) >= 11 is 0. The van der Waals surface area contributed by atoms with E-state index >= 15 is 0 Å². The van der Waals surface area contributed by atoms with Crippen LogP contribution >= 0.6 is 0 Å². The minimum Gasteiger partial charge on any atom is -0.380 e. The Bertz CT molecular complexity index is 633. The summed E-state index contributed by atoms with van der Waals surface area (Å²) in [5, 5.41) is 10.5. The Labute approximate surface area is 126 Å². The summed E-state index contributed by atoms with van der Waals surface area (Å²) in [5.41, 5.74) is -2.13. The number of halogens is 3. The van der Waals surface area contributed by atoms with E-state index < -0.39 is 34.6 Å². The van der Waals surface area contributed by atoms with Crippen molar-refractivity contribution in [1.29, 1.82) is 0 Å². The van der Waals surface area contributed by atoms with Gasteiger partial charge in [0.05, 0.1) is 0 Å². The molecule has 1 saturated heterocycles. The molecule has 0 saturated carbocycles. The minimum atomic E-state index is -4.75. The fourth-order valence-corrected chi connectivity index (χ4v) is 3.40. The largest absolute Gasteiger partial charge is 0.417 e. The predicted octanol–water partition coefficient (Wildman–Crippen LogP) is 2.38. The third-order valence-corrected chi connectivity index (χ3v) is 5.23. The summed E-state index contributed by atoms with van der Waals surface area (Å²) in [7, 11) is -3.80. The molecule has 0 unspecified atom stereocenters. The Balaban J connectivity index is 2.06. The molecular formula is C14H16F3NO3S. The summed E-state index contributed by atoms with van der Waals surface area (Å²) in [4.78, 5) is 0. The number of rotatable bonds is 3. The number of benzene rings is 1. The molecule has 0 radical (unpaired) electrons. The van der Waals surface area contributed by atoms with Crippen molar-refractivity contribution in [2.24, 2.45) is 0 Å². The van der Waals surface area contributed by atoms with E-state index in [9.17, 15) is 26.7 Å². The van der Waals surface area contributed by atoms with Gasteiger partial charge in [0.15, 0.2) is 5.60 Å². The molecule has 1 aliphatic rings. The maximum absolute atomic E-state index is 12.7. The van der Waals surface area contributed by atoms with E-state index in [0.29, 0.717) is 5.56 Å². The van der Waals surface area contributed by atoms with Crippen molar-refractivity contribution in [3.8, 4) is 0 Å². The molecular weight excluding hydrogens is 319 g/mol. The normalized spacial score (nSPS) is 20.4. The summed E-state index contributed by atoms with van der Waals surface area (Å²) in [5.74, 6) is 0. The Morgan fingerprint density at radius 2 is 1.68 bits per heavy atom. The number of hydrogen-bond donors (Lipinski definition) is 1. The van der Waals surface area contributed by atoms with Gasteiger partial charge in [-0.1, -0.05) is 30.3 Å². The van der Waals surface area contributed by atoms with Gasteiger partial charge in [-0.3, -0.25) is 0 Å². The number of aliphatic hydroxyl groups is 1. The van der Waals surface area contributed by atoms with Crippen molar-refractivity contribution in [1.82, 2.24) is 4.31 Å². The first-order valence-corrected chi connectivity index (χ1v) is 8.17. The summed E-state index contributed by atoms with van der Waals surface area (Å²) < 4.78 is 63.2. The molecule has 0 bridgehead atoms. The fourth-order valence-electron chi connectivity index (χ4n) is 2.21. The highest BCUT2D eigenvalue weighted by Crippen LogP contribution is 2.38. The van der Waals surface area contributed by atoms with Gasteiger partial charge in [-0.15, -0.1) is 0 Å². The van der Waals surface area contributed by atoms with Crippen molar-refractivity contribution in [2.75, 3.05) is 13.1 Å². The molecule has 2 rings (SSSR count). The minimum absolute atomic E-state index is 0.364. The molecule has 122 valence electrons. The Kier molecular flexibility index (Phi) is 4.65. The molecule has 8 heteroatoms. The lowest BCUT2D eigenvalue weighted by Gasteiger charge is -2.38. The Hall–Kier alpha value is -1.38. The second kappa shape index (κ2) is 6.02. The summed E-state index contributed by atoms with van der Waals surface area (Å²) in [6, 6.07) is 8.71. The van der Waals surface area contributed by atoms with Gasteiger partial charge in [-0.2, -0.15) is 17.5 Å². The van der Waals surface area contributed by atoms with Crippen molar-refractivity contribution < 1.29 is 26.7 Å². The standard InChI is InChI=1S/C14H16F3NO3S/c15-14(16,17)13(19)7-9-18(10-8-13)22(20,21)11-6-12-4-2-1-3-5-12/h1-6,11,19H,7-10H2/b11-6+.